The number of hydrogen-bond acceptors (Lipinski definition) is 5. The van der Waals surface area contributed by atoms with E-state index in [-0.39, 0.29) is 23.9 Å². The minimum Gasteiger partial charge on any atom is -0.462 e. The maximum absolute atomic E-state index is 12.5. The van der Waals surface area contributed by atoms with Crippen molar-refractivity contribution in [3.05, 3.63) is 70.4 Å². The molecule has 0 atom stereocenters. The van der Waals surface area contributed by atoms with E-state index < -0.39 is 5.97 Å². The van der Waals surface area contributed by atoms with Gasteiger partial charge in [-0.1, -0.05) is 11.6 Å². The highest BCUT2D eigenvalue weighted by molar-refractivity contribution is 6.30. The molecule has 0 unspecified atom stereocenters. The molecule has 0 spiro atoms. The molecule has 0 radical (unpaired) electrons. The number of nitrogens with two attached hydrogens (primary N) is 1. The fourth-order valence-electron chi connectivity index (χ4n) is 2.65. The van der Waals surface area contributed by atoms with Crippen molar-refractivity contribution < 1.29 is 14.3 Å². The van der Waals surface area contributed by atoms with Gasteiger partial charge < -0.3 is 15.8 Å². The highest BCUT2D eigenvalue weighted by Crippen LogP contribution is 2.21. The second-order valence-corrected chi connectivity index (χ2v) is 6.47. The average molecular weight is 399 g/mol. The number of ether oxygens (including phenoxy) is 1. The number of anilines is 2. The Morgan fingerprint density at radius 2 is 1.93 bits per heavy atom. The first kappa shape index (κ1) is 19.4. The van der Waals surface area contributed by atoms with Crippen LogP contribution in [0.25, 0.3) is 5.69 Å². The summed E-state index contributed by atoms with van der Waals surface area (Å²) in [6.07, 6.45) is 1.36. The van der Waals surface area contributed by atoms with Crippen molar-refractivity contribution in [2.75, 3.05) is 17.7 Å². The number of aryl methyl sites for hydroxylation is 1. The molecule has 1 amide bonds. The molecule has 1 aromatic heterocycles. The summed E-state index contributed by atoms with van der Waals surface area (Å²) in [7, 11) is 0. The highest BCUT2D eigenvalue weighted by atomic mass is 35.5. The van der Waals surface area contributed by atoms with E-state index in [4.69, 9.17) is 22.1 Å². The van der Waals surface area contributed by atoms with Gasteiger partial charge in [0.1, 0.15) is 11.4 Å². The number of rotatable bonds is 5. The zero-order chi connectivity index (χ0) is 20.3. The van der Waals surface area contributed by atoms with Gasteiger partial charge in [0.05, 0.1) is 18.5 Å². The molecule has 3 rings (SSSR count). The van der Waals surface area contributed by atoms with Crippen LogP contribution in [0.4, 0.5) is 11.5 Å². The molecule has 0 saturated carbocycles. The summed E-state index contributed by atoms with van der Waals surface area (Å²) < 4.78 is 6.36. The van der Waals surface area contributed by atoms with Gasteiger partial charge in [-0.05, 0) is 61.9 Å². The van der Waals surface area contributed by atoms with Crippen molar-refractivity contribution in [1.29, 1.82) is 0 Å². The van der Waals surface area contributed by atoms with E-state index >= 15 is 0 Å². The maximum Gasteiger partial charge on any atom is 0.343 e. The summed E-state index contributed by atoms with van der Waals surface area (Å²) >= 11 is 5.94. The van der Waals surface area contributed by atoms with Crippen LogP contribution >= 0.6 is 11.6 Å². The van der Waals surface area contributed by atoms with Crippen molar-refractivity contribution in [1.82, 2.24) is 9.78 Å². The molecule has 0 aliphatic rings. The van der Waals surface area contributed by atoms with Gasteiger partial charge in [0.25, 0.3) is 5.91 Å². The number of nitrogens with zero attached hydrogens (tertiary/aromatic N) is 2. The van der Waals surface area contributed by atoms with Gasteiger partial charge in [-0.15, -0.1) is 0 Å². The van der Waals surface area contributed by atoms with Gasteiger partial charge >= 0.3 is 5.97 Å². The van der Waals surface area contributed by atoms with Crippen LogP contribution in [0.3, 0.4) is 0 Å². The molecule has 3 aromatic rings. The summed E-state index contributed by atoms with van der Waals surface area (Å²) in [4.78, 5) is 24.3. The zero-order valence-corrected chi connectivity index (χ0v) is 16.2. The van der Waals surface area contributed by atoms with Crippen LogP contribution < -0.4 is 11.1 Å². The normalized spacial score (nSPS) is 10.5. The molecular formula is C20H19ClN4O3. The van der Waals surface area contributed by atoms with Crippen LogP contribution in [-0.2, 0) is 4.74 Å². The lowest BCUT2D eigenvalue weighted by molar-refractivity contribution is 0.0527. The van der Waals surface area contributed by atoms with Crippen molar-refractivity contribution in [2.24, 2.45) is 0 Å². The van der Waals surface area contributed by atoms with Gasteiger partial charge in [0, 0.05) is 16.3 Å². The third kappa shape index (κ3) is 3.99. The smallest absolute Gasteiger partial charge is 0.343 e. The number of nitrogens with one attached hydrogen (secondary N) is 1. The van der Waals surface area contributed by atoms with Crippen molar-refractivity contribution in [2.45, 2.75) is 13.8 Å². The third-order valence-corrected chi connectivity index (χ3v) is 4.35. The van der Waals surface area contributed by atoms with Crippen LogP contribution in [0.15, 0.2) is 48.7 Å². The van der Waals surface area contributed by atoms with Crippen LogP contribution in [0.2, 0.25) is 5.02 Å². The summed E-state index contributed by atoms with van der Waals surface area (Å²) in [6.45, 7) is 3.83. The lowest BCUT2D eigenvalue weighted by Gasteiger charge is -2.10. The number of halogens is 1. The fraction of sp³-hybridized carbons (Fsp3) is 0.150. The van der Waals surface area contributed by atoms with E-state index in [1.807, 2.05) is 6.92 Å². The van der Waals surface area contributed by atoms with E-state index in [2.05, 4.69) is 10.4 Å². The molecule has 0 bridgehead atoms. The quantitative estimate of drug-likeness (QED) is 0.636. The Balaban J connectivity index is 1.78. The number of aromatic nitrogens is 2. The van der Waals surface area contributed by atoms with E-state index in [9.17, 15) is 9.59 Å². The molecule has 2 aromatic carbocycles. The SMILES string of the molecule is CCOC(=O)c1cnn(-c2ccc(C(=O)Nc3ccc(Cl)cc3C)cc2)c1N. The number of carbonyl (C=O) groups is 2. The predicted octanol–water partition coefficient (Wildman–Crippen LogP) is 3.85. The monoisotopic (exact) mass is 398 g/mol. The standard InChI is InChI=1S/C20H19ClN4O3/c1-3-28-20(27)16-11-23-25(18(16)22)15-7-4-13(5-8-15)19(26)24-17-9-6-14(21)10-12(17)2/h4-11H,3,22H2,1-2H3,(H,24,26). The molecule has 7 nitrogen and oxygen atoms in total. The van der Waals surface area contributed by atoms with Gasteiger partial charge in [-0.3, -0.25) is 4.79 Å². The van der Waals surface area contributed by atoms with E-state index in [1.165, 1.54) is 10.9 Å². The average Bonchev–Trinajstić information content (AvgIpc) is 3.06. The molecule has 3 N–H and O–H groups in total. The van der Waals surface area contributed by atoms with E-state index in [0.29, 0.717) is 22.0 Å². The first-order valence-electron chi connectivity index (χ1n) is 8.59. The predicted molar refractivity (Wildman–Crippen MR) is 108 cm³/mol. The topological polar surface area (TPSA) is 99.2 Å². The Morgan fingerprint density at radius 1 is 1.21 bits per heavy atom. The number of carbonyl (C=O) groups excluding carboxylic acids is 2. The summed E-state index contributed by atoms with van der Waals surface area (Å²) in [6, 6.07) is 12.0. The van der Waals surface area contributed by atoms with Crippen molar-refractivity contribution in [3.8, 4) is 5.69 Å². The van der Waals surface area contributed by atoms with Gasteiger partial charge in [0.2, 0.25) is 0 Å². The van der Waals surface area contributed by atoms with Crippen LogP contribution in [0.1, 0.15) is 33.2 Å². The molecular weight excluding hydrogens is 380 g/mol. The minimum absolute atomic E-state index is 0.174. The van der Waals surface area contributed by atoms with Crippen molar-refractivity contribution in [3.63, 3.8) is 0 Å². The third-order valence-electron chi connectivity index (χ3n) is 4.11. The van der Waals surface area contributed by atoms with Gasteiger partial charge in [0.15, 0.2) is 0 Å². The van der Waals surface area contributed by atoms with E-state index in [1.54, 1.807) is 49.4 Å². The highest BCUT2D eigenvalue weighted by Gasteiger charge is 2.17. The second-order valence-electron chi connectivity index (χ2n) is 6.04. The molecule has 0 aliphatic carbocycles. The molecule has 1 heterocycles. The largest absolute Gasteiger partial charge is 0.462 e. The Hall–Kier alpha value is -3.32. The lowest BCUT2D eigenvalue weighted by Crippen LogP contribution is -2.13. The first-order chi connectivity index (χ1) is 13.4. The summed E-state index contributed by atoms with van der Waals surface area (Å²) in [5, 5.41) is 7.59. The molecule has 0 aliphatic heterocycles. The Labute approximate surface area is 167 Å². The van der Waals surface area contributed by atoms with Crippen molar-refractivity contribution >= 4 is 35.0 Å². The van der Waals surface area contributed by atoms with Crippen LogP contribution in [-0.4, -0.2) is 28.3 Å². The Morgan fingerprint density at radius 3 is 2.57 bits per heavy atom. The molecule has 144 valence electrons. The number of amides is 1. The second kappa shape index (κ2) is 8.14. The van der Waals surface area contributed by atoms with Crippen LogP contribution in [0.5, 0.6) is 0 Å². The Bertz CT molecular complexity index is 1030. The molecule has 0 saturated heterocycles. The van der Waals surface area contributed by atoms with Gasteiger partial charge in [-0.2, -0.15) is 5.10 Å². The molecule has 8 heteroatoms. The number of esters is 1. The molecule has 0 fully saturated rings. The minimum atomic E-state index is -0.527. The Kier molecular flexibility index (Phi) is 5.65. The number of nitrogen functional groups attached to an aromatic ring is 1. The molecule has 28 heavy (non-hydrogen) atoms. The van der Waals surface area contributed by atoms with Crippen LogP contribution in [0, 0.1) is 6.92 Å². The maximum atomic E-state index is 12.5. The fourth-order valence-corrected chi connectivity index (χ4v) is 2.87. The summed E-state index contributed by atoms with van der Waals surface area (Å²) in [5.74, 6) is -0.606. The van der Waals surface area contributed by atoms with E-state index in [0.717, 1.165) is 5.56 Å². The van der Waals surface area contributed by atoms with Gasteiger partial charge in [-0.25, -0.2) is 9.48 Å². The zero-order valence-electron chi connectivity index (χ0n) is 15.4. The number of hydrogen-bond donors (Lipinski definition) is 2. The lowest BCUT2D eigenvalue weighted by atomic mass is 10.1. The summed E-state index contributed by atoms with van der Waals surface area (Å²) in [5.41, 5.74) is 8.84. The number of benzene rings is 2. The first-order valence-corrected chi connectivity index (χ1v) is 8.97.